The van der Waals surface area contributed by atoms with Crippen LogP contribution in [0.2, 0.25) is 0 Å². The number of sulfonamides is 1. The number of aromatic nitrogens is 1. The molecule has 142 valence electrons. The van der Waals surface area contributed by atoms with E-state index in [1.165, 1.54) is 31.3 Å². The Bertz CT molecular complexity index is 1110. The average Bonchev–Trinajstić information content (AvgIpc) is 3.03. The molecule has 0 spiro atoms. The molecule has 0 atom stereocenters. The van der Waals surface area contributed by atoms with Crippen molar-refractivity contribution in [2.45, 2.75) is 11.3 Å². The Morgan fingerprint density at radius 1 is 1.22 bits per heavy atom. The molecule has 0 fully saturated rings. The number of benzene rings is 2. The summed E-state index contributed by atoms with van der Waals surface area (Å²) in [6.07, 6.45) is 2.31. The Kier molecular flexibility index (Phi) is 5.10. The minimum Gasteiger partial charge on any atom is -0.379 e. The molecule has 0 radical (unpaired) electrons. The number of halogens is 1. The minimum atomic E-state index is -3.77. The summed E-state index contributed by atoms with van der Waals surface area (Å²) in [5.41, 5.74) is 1.51. The van der Waals surface area contributed by atoms with E-state index in [-0.39, 0.29) is 22.1 Å². The molecule has 0 aliphatic heterocycles. The van der Waals surface area contributed by atoms with Crippen molar-refractivity contribution in [1.29, 1.82) is 0 Å². The van der Waals surface area contributed by atoms with Gasteiger partial charge >= 0.3 is 0 Å². The summed E-state index contributed by atoms with van der Waals surface area (Å²) in [4.78, 5) is 13.5. The highest BCUT2D eigenvalue weighted by atomic mass is 32.2. The number of hydrogen-bond donors (Lipinski definition) is 3. The van der Waals surface area contributed by atoms with Crippen LogP contribution in [0.5, 0.6) is 0 Å². The van der Waals surface area contributed by atoms with E-state index >= 15 is 0 Å². The highest BCUT2D eigenvalue weighted by Crippen LogP contribution is 2.28. The van der Waals surface area contributed by atoms with Crippen LogP contribution in [0, 0.1) is 15.9 Å². The molecule has 10 heteroatoms. The second-order valence-electron chi connectivity index (χ2n) is 5.82. The summed E-state index contributed by atoms with van der Waals surface area (Å²) < 4.78 is 39.0. The Hall–Kier alpha value is -2.98. The molecular weight excluding hydrogens is 375 g/mol. The van der Waals surface area contributed by atoms with Gasteiger partial charge in [-0.25, -0.2) is 17.5 Å². The zero-order valence-electron chi connectivity index (χ0n) is 14.3. The fourth-order valence-electron chi connectivity index (χ4n) is 2.79. The van der Waals surface area contributed by atoms with Gasteiger partial charge in [-0.1, -0.05) is 0 Å². The maximum absolute atomic E-state index is 13.2. The highest BCUT2D eigenvalue weighted by Gasteiger charge is 2.20. The van der Waals surface area contributed by atoms with Crippen molar-refractivity contribution in [1.82, 2.24) is 9.71 Å². The molecule has 0 unspecified atom stereocenters. The van der Waals surface area contributed by atoms with Gasteiger partial charge in [0.1, 0.15) is 11.5 Å². The van der Waals surface area contributed by atoms with E-state index in [2.05, 4.69) is 15.0 Å². The van der Waals surface area contributed by atoms with E-state index in [1.54, 1.807) is 12.3 Å². The van der Waals surface area contributed by atoms with Crippen LogP contribution in [-0.2, 0) is 16.4 Å². The first kappa shape index (κ1) is 18.8. The third-order valence-electron chi connectivity index (χ3n) is 4.18. The standard InChI is InChI=1S/C17H17FN4O4S/c1-19-27(25,26)13-3-5-15(17(9-13)22(23)24)20-7-6-11-10-21-16-8-12(18)2-4-14(11)16/h2-5,8-10,19-21H,6-7H2,1H3. The number of nitro benzene ring substituents is 1. The molecule has 0 aliphatic carbocycles. The van der Waals surface area contributed by atoms with Gasteiger partial charge in [-0.15, -0.1) is 0 Å². The maximum Gasteiger partial charge on any atom is 0.293 e. The minimum absolute atomic E-state index is 0.180. The molecule has 8 nitrogen and oxygen atoms in total. The van der Waals surface area contributed by atoms with Gasteiger partial charge in [0.25, 0.3) is 5.69 Å². The monoisotopic (exact) mass is 392 g/mol. The lowest BCUT2D eigenvalue weighted by atomic mass is 10.1. The number of aromatic amines is 1. The van der Waals surface area contributed by atoms with Crippen molar-refractivity contribution >= 4 is 32.3 Å². The third-order valence-corrected chi connectivity index (χ3v) is 5.60. The van der Waals surface area contributed by atoms with Crippen LogP contribution in [0.15, 0.2) is 47.5 Å². The van der Waals surface area contributed by atoms with Crippen LogP contribution in [0.4, 0.5) is 15.8 Å². The molecule has 0 bridgehead atoms. The Morgan fingerprint density at radius 2 is 2.00 bits per heavy atom. The van der Waals surface area contributed by atoms with Gasteiger partial charge in [-0.05, 0) is 49.4 Å². The van der Waals surface area contributed by atoms with Crippen LogP contribution >= 0.6 is 0 Å². The third kappa shape index (κ3) is 3.91. The first-order chi connectivity index (χ1) is 12.8. The van der Waals surface area contributed by atoms with Gasteiger partial charge in [-0.3, -0.25) is 10.1 Å². The topological polar surface area (TPSA) is 117 Å². The van der Waals surface area contributed by atoms with Gasteiger partial charge < -0.3 is 10.3 Å². The van der Waals surface area contributed by atoms with Crippen molar-refractivity contribution in [3.05, 3.63) is 64.1 Å². The van der Waals surface area contributed by atoms with Crippen molar-refractivity contribution in [3.8, 4) is 0 Å². The van der Waals surface area contributed by atoms with Crippen LogP contribution in [0.25, 0.3) is 10.9 Å². The fraction of sp³-hybridized carbons (Fsp3) is 0.176. The summed E-state index contributed by atoms with van der Waals surface area (Å²) in [6, 6.07) is 8.14. The van der Waals surface area contributed by atoms with Crippen molar-refractivity contribution < 1.29 is 17.7 Å². The second-order valence-corrected chi connectivity index (χ2v) is 7.71. The van der Waals surface area contributed by atoms with Gasteiger partial charge in [0.2, 0.25) is 10.0 Å². The van der Waals surface area contributed by atoms with Gasteiger partial charge in [0.15, 0.2) is 0 Å². The van der Waals surface area contributed by atoms with E-state index in [4.69, 9.17) is 0 Å². The lowest BCUT2D eigenvalue weighted by molar-refractivity contribution is -0.384. The number of hydrogen-bond acceptors (Lipinski definition) is 5. The van der Waals surface area contributed by atoms with Crippen molar-refractivity contribution in [2.24, 2.45) is 0 Å². The van der Waals surface area contributed by atoms with Crippen LogP contribution in [-0.4, -0.2) is 31.9 Å². The number of fused-ring (bicyclic) bond motifs is 1. The zero-order chi connectivity index (χ0) is 19.6. The lowest BCUT2D eigenvalue weighted by Gasteiger charge is -2.09. The summed E-state index contributed by atoms with van der Waals surface area (Å²) in [6.45, 7) is 0.378. The molecule has 1 aromatic heterocycles. The predicted octanol–water partition coefficient (Wildman–Crippen LogP) is 2.78. The molecular formula is C17H17FN4O4S. The van der Waals surface area contributed by atoms with Crippen LogP contribution in [0.3, 0.4) is 0 Å². The Labute approximate surface area is 154 Å². The number of nitrogens with one attached hydrogen (secondary N) is 3. The first-order valence-electron chi connectivity index (χ1n) is 8.03. The molecule has 0 saturated heterocycles. The molecule has 0 saturated carbocycles. The predicted molar refractivity (Wildman–Crippen MR) is 99.8 cm³/mol. The number of H-pyrrole nitrogens is 1. The molecule has 3 N–H and O–H groups in total. The van der Waals surface area contributed by atoms with E-state index in [0.717, 1.165) is 17.0 Å². The lowest BCUT2D eigenvalue weighted by Crippen LogP contribution is -2.19. The Balaban J connectivity index is 1.78. The van der Waals surface area contributed by atoms with Crippen LogP contribution in [0.1, 0.15) is 5.56 Å². The summed E-state index contributed by atoms with van der Waals surface area (Å²) in [5, 5.41) is 15.1. The molecule has 3 aromatic rings. The molecule has 0 amide bonds. The van der Waals surface area contributed by atoms with E-state index < -0.39 is 14.9 Å². The summed E-state index contributed by atoms with van der Waals surface area (Å²) in [7, 11) is -2.54. The first-order valence-corrected chi connectivity index (χ1v) is 9.51. The van der Waals surface area contributed by atoms with E-state index in [1.807, 2.05) is 0 Å². The van der Waals surface area contributed by atoms with Gasteiger partial charge in [0, 0.05) is 29.7 Å². The Morgan fingerprint density at radius 3 is 2.70 bits per heavy atom. The fourth-order valence-corrected chi connectivity index (χ4v) is 3.54. The number of nitrogens with zero attached hydrogens (tertiary/aromatic N) is 1. The highest BCUT2D eigenvalue weighted by molar-refractivity contribution is 7.89. The number of nitro groups is 1. The van der Waals surface area contributed by atoms with Crippen molar-refractivity contribution in [3.63, 3.8) is 0 Å². The molecule has 1 heterocycles. The molecule has 3 rings (SSSR count). The largest absolute Gasteiger partial charge is 0.379 e. The van der Waals surface area contributed by atoms with E-state index in [0.29, 0.717) is 18.5 Å². The maximum atomic E-state index is 13.2. The molecule has 27 heavy (non-hydrogen) atoms. The SMILES string of the molecule is CNS(=O)(=O)c1ccc(NCCc2c[nH]c3cc(F)ccc23)c([N+](=O)[O-])c1. The number of rotatable bonds is 7. The normalized spacial score (nSPS) is 11.6. The zero-order valence-corrected chi connectivity index (χ0v) is 15.1. The summed E-state index contributed by atoms with van der Waals surface area (Å²) >= 11 is 0. The van der Waals surface area contributed by atoms with Gasteiger partial charge in [-0.2, -0.15) is 0 Å². The summed E-state index contributed by atoms with van der Waals surface area (Å²) in [5.74, 6) is -0.332. The molecule has 0 aliphatic rings. The molecule has 2 aromatic carbocycles. The second kappa shape index (κ2) is 7.33. The smallest absolute Gasteiger partial charge is 0.293 e. The van der Waals surface area contributed by atoms with Crippen LogP contribution < -0.4 is 10.0 Å². The average molecular weight is 392 g/mol. The quantitative estimate of drug-likeness (QED) is 0.422. The van der Waals surface area contributed by atoms with Gasteiger partial charge in [0.05, 0.1) is 9.82 Å². The number of anilines is 1. The van der Waals surface area contributed by atoms with E-state index in [9.17, 15) is 22.9 Å². The van der Waals surface area contributed by atoms with Crippen molar-refractivity contribution in [2.75, 3.05) is 18.9 Å².